The third-order valence-electron chi connectivity index (χ3n) is 4.95. The van der Waals surface area contributed by atoms with Gasteiger partial charge >= 0.3 is 0 Å². The van der Waals surface area contributed by atoms with E-state index in [9.17, 15) is 18.0 Å². The lowest BCUT2D eigenvalue weighted by molar-refractivity contribution is -0.123. The number of carbonyl (C=O) groups is 2. The van der Waals surface area contributed by atoms with E-state index < -0.39 is 21.3 Å². The highest BCUT2D eigenvalue weighted by Crippen LogP contribution is 2.37. The summed E-state index contributed by atoms with van der Waals surface area (Å²) in [6, 6.07) is 4.40. The zero-order valence-corrected chi connectivity index (χ0v) is 16.5. The largest absolute Gasteiger partial charge is 0.349 e. The molecular weight excluding hydrogens is 376 g/mol. The number of halogens is 1. The second-order valence-corrected chi connectivity index (χ2v) is 9.91. The molecule has 0 radical (unpaired) electrons. The van der Waals surface area contributed by atoms with Crippen molar-refractivity contribution in [2.45, 2.75) is 52.0 Å². The van der Waals surface area contributed by atoms with Crippen molar-refractivity contribution in [2.24, 2.45) is 5.41 Å². The van der Waals surface area contributed by atoms with Gasteiger partial charge in [0, 0.05) is 6.04 Å². The third-order valence-corrected chi connectivity index (χ3v) is 7.30. The summed E-state index contributed by atoms with van der Waals surface area (Å²) in [5, 5.41) is 3.19. The van der Waals surface area contributed by atoms with Gasteiger partial charge in [0.15, 0.2) is 0 Å². The van der Waals surface area contributed by atoms with E-state index >= 15 is 0 Å². The van der Waals surface area contributed by atoms with Crippen LogP contribution in [0.25, 0.3) is 0 Å². The Labute approximate surface area is 158 Å². The van der Waals surface area contributed by atoms with Crippen LogP contribution in [0.2, 0.25) is 5.02 Å². The van der Waals surface area contributed by atoms with E-state index in [-0.39, 0.29) is 34.0 Å². The van der Waals surface area contributed by atoms with E-state index in [0.717, 1.165) is 30.0 Å². The van der Waals surface area contributed by atoms with Crippen LogP contribution in [-0.4, -0.2) is 32.0 Å². The molecule has 142 valence electrons. The number of nitrogens with zero attached hydrogens (tertiary/aromatic N) is 1. The standard InChI is InChI=1S/C18H23ClN2O4S/c1-18(2)11-26(24,25)21(17(18)23)13-8-9-15(19)14(10-13)16(22)20-12-6-4-3-5-7-12/h8-10,12H,3-7,11H2,1-2H3,(H,20,22). The average molecular weight is 399 g/mol. The van der Waals surface area contributed by atoms with E-state index in [1.54, 1.807) is 13.8 Å². The molecule has 0 unspecified atom stereocenters. The first-order valence-corrected chi connectivity index (χ1v) is 10.8. The second-order valence-electron chi connectivity index (χ2n) is 7.68. The predicted molar refractivity (Wildman–Crippen MR) is 101 cm³/mol. The maximum absolute atomic E-state index is 12.6. The fraction of sp³-hybridized carbons (Fsp3) is 0.556. The van der Waals surface area contributed by atoms with Crippen LogP contribution >= 0.6 is 11.6 Å². The number of hydrogen-bond acceptors (Lipinski definition) is 4. The Hall–Kier alpha value is -1.60. The van der Waals surface area contributed by atoms with Crippen molar-refractivity contribution in [3.05, 3.63) is 28.8 Å². The molecule has 0 aromatic heterocycles. The number of nitrogens with one attached hydrogen (secondary N) is 1. The molecule has 26 heavy (non-hydrogen) atoms. The van der Waals surface area contributed by atoms with Gasteiger partial charge in [-0.1, -0.05) is 30.9 Å². The average Bonchev–Trinajstić information content (AvgIpc) is 2.72. The molecule has 1 N–H and O–H groups in total. The van der Waals surface area contributed by atoms with Crippen molar-refractivity contribution in [2.75, 3.05) is 10.1 Å². The highest BCUT2D eigenvalue weighted by Gasteiger charge is 2.50. The number of amides is 2. The Kier molecular flexibility index (Phi) is 5.05. The van der Waals surface area contributed by atoms with Crippen LogP contribution in [0, 0.1) is 5.41 Å². The van der Waals surface area contributed by atoms with E-state index in [1.165, 1.54) is 24.6 Å². The van der Waals surface area contributed by atoms with Crippen molar-refractivity contribution in [1.29, 1.82) is 0 Å². The lowest BCUT2D eigenvalue weighted by Crippen LogP contribution is -2.36. The van der Waals surface area contributed by atoms with Gasteiger partial charge in [0.1, 0.15) is 0 Å². The Morgan fingerprint density at radius 1 is 1.23 bits per heavy atom. The molecule has 8 heteroatoms. The SMILES string of the molecule is CC1(C)CS(=O)(=O)N(c2ccc(Cl)c(C(=O)NC3CCCCC3)c2)C1=O. The lowest BCUT2D eigenvalue weighted by Gasteiger charge is -2.23. The Morgan fingerprint density at radius 2 is 1.88 bits per heavy atom. The fourth-order valence-corrected chi connectivity index (χ4v) is 5.89. The normalized spacial score (nSPS) is 22.4. The minimum atomic E-state index is -3.77. The van der Waals surface area contributed by atoms with Crippen LogP contribution in [0.1, 0.15) is 56.3 Å². The number of rotatable bonds is 3. The molecule has 2 fully saturated rings. The predicted octanol–water partition coefficient (Wildman–Crippen LogP) is 3.11. The molecule has 0 atom stereocenters. The summed E-state index contributed by atoms with van der Waals surface area (Å²) in [5.74, 6) is -1.10. The summed E-state index contributed by atoms with van der Waals surface area (Å²) < 4.78 is 25.7. The van der Waals surface area contributed by atoms with Gasteiger partial charge < -0.3 is 5.32 Å². The van der Waals surface area contributed by atoms with Crippen LogP contribution in [0.4, 0.5) is 5.69 Å². The molecule has 1 saturated carbocycles. The molecule has 1 saturated heterocycles. The summed E-state index contributed by atoms with van der Waals surface area (Å²) in [4.78, 5) is 25.2. The minimum Gasteiger partial charge on any atom is -0.349 e. The summed E-state index contributed by atoms with van der Waals surface area (Å²) in [7, 11) is -3.77. The van der Waals surface area contributed by atoms with Crippen LogP contribution in [-0.2, 0) is 14.8 Å². The molecule has 1 aliphatic heterocycles. The maximum Gasteiger partial charge on any atom is 0.253 e. The molecule has 3 rings (SSSR count). The molecule has 1 aromatic carbocycles. The van der Waals surface area contributed by atoms with E-state index in [1.807, 2.05) is 0 Å². The summed E-state index contributed by atoms with van der Waals surface area (Å²) in [6.45, 7) is 3.19. The fourth-order valence-electron chi connectivity index (χ4n) is 3.59. The van der Waals surface area contributed by atoms with Gasteiger partial charge in [0.05, 0.1) is 27.4 Å². The van der Waals surface area contributed by atoms with E-state index in [0.29, 0.717) is 0 Å². The van der Waals surface area contributed by atoms with Crippen molar-refractivity contribution < 1.29 is 18.0 Å². The van der Waals surface area contributed by atoms with Crippen molar-refractivity contribution in [3.8, 4) is 0 Å². The third kappa shape index (κ3) is 3.60. The van der Waals surface area contributed by atoms with Crippen LogP contribution < -0.4 is 9.62 Å². The number of benzene rings is 1. The number of anilines is 1. The van der Waals surface area contributed by atoms with Gasteiger partial charge in [0.2, 0.25) is 15.9 Å². The van der Waals surface area contributed by atoms with Gasteiger partial charge in [-0.2, -0.15) is 0 Å². The number of sulfonamides is 1. The van der Waals surface area contributed by atoms with Gasteiger partial charge in [0.25, 0.3) is 5.91 Å². The molecule has 0 bridgehead atoms. The second kappa shape index (κ2) is 6.85. The monoisotopic (exact) mass is 398 g/mol. The quantitative estimate of drug-likeness (QED) is 0.847. The zero-order valence-electron chi connectivity index (χ0n) is 14.9. The molecular formula is C18H23ClN2O4S. The van der Waals surface area contributed by atoms with Crippen molar-refractivity contribution >= 4 is 39.1 Å². The van der Waals surface area contributed by atoms with Gasteiger partial charge in [-0.3, -0.25) is 9.59 Å². The van der Waals surface area contributed by atoms with Gasteiger partial charge in [-0.05, 0) is 44.9 Å². The summed E-state index contributed by atoms with van der Waals surface area (Å²) in [6.07, 6.45) is 5.18. The Bertz CT molecular complexity index is 845. The van der Waals surface area contributed by atoms with Crippen LogP contribution in [0.5, 0.6) is 0 Å². The zero-order chi connectivity index (χ0) is 19.1. The molecule has 0 spiro atoms. The smallest absolute Gasteiger partial charge is 0.253 e. The highest BCUT2D eigenvalue weighted by molar-refractivity contribution is 7.94. The van der Waals surface area contributed by atoms with Crippen molar-refractivity contribution in [1.82, 2.24) is 5.32 Å². The van der Waals surface area contributed by atoms with Crippen molar-refractivity contribution in [3.63, 3.8) is 0 Å². The van der Waals surface area contributed by atoms with E-state index in [2.05, 4.69) is 5.32 Å². The minimum absolute atomic E-state index is 0.104. The molecule has 1 aliphatic carbocycles. The lowest BCUT2D eigenvalue weighted by atomic mass is 9.95. The van der Waals surface area contributed by atoms with Crippen LogP contribution in [0.3, 0.4) is 0 Å². The molecule has 1 heterocycles. The van der Waals surface area contributed by atoms with E-state index in [4.69, 9.17) is 11.6 Å². The molecule has 1 aromatic rings. The first-order chi connectivity index (χ1) is 12.1. The number of carbonyl (C=O) groups excluding carboxylic acids is 2. The highest BCUT2D eigenvalue weighted by atomic mass is 35.5. The maximum atomic E-state index is 12.6. The topological polar surface area (TPSA) is 83.6 Å². The van der Waals surface area contributed by atoms with Gasteiger partial charge in [-0.25, -0.2) is 12.7 Å². The number of hydrogen-bond donors (Lipinski definition) is 1. The summed E-state index contributed by atoms with van der Waals surface area (Å²) >= 11 is 6.17. The molecule has 6 nitrogen and oxygen atoms in total. The van der Waals surface area contributed by atoms with Crippen LogP contribution in [0.15, 0.2) is 18.2 Å². The Morgan fingerprint density at radius 3 is 2.46 bits per heavy atom. The first-order valence-electron chi connectivity index (χ1n) is 8.80. The molecule has 2 aliphatic rings. The first kappa shape index (κ1) is 19.2. The van der Waals surface area contributed by atoms with Gasteiger partial charge in [-0.15, -0.1) is 0 Å². The molecule has 2 amide bonds. The Balaban J connectivity index is 1.90. The summed E-state index contributed by atoms with van der Waals surface area (Å²) in [5.41, 5.74) is -0.663.